The lowest BCUT2D eigenvalue weighted by Crippen LogP contribution is -2.56. The Balaban J connectivity index is 1.35. The summed E-state index contributed by atoms with van der Waals surface area (Å²) < 4.78 is 0. The molecule has 0 saturated heterocycles. The van der Waals surface area contributed by atoms with Crippen LogP contribution in [-0.2, 0) is 0 Å². The molecule has 0 aliphatic carbocycles. The summed E-state index contributed by atoms with van der Waals surface area (Å²) in [5, 5.41) is 9.47. The number of unbranched alkanes of at least 4 members (excludes halogenated alkanes) is 12. The highest BCUT2D eigenvalue weighted by Gasteiger charge is 2.33. The Bertz CT molecular complexity index is 1070. The Morgan fingerprint density at radius 3 is 1.46 bits per heavy atom. The van der Waals surface area contributed by atoms with E-state index in [4.69, 9.17) is 10.5 Å². The van der Waals surface area contributed by atoms with E-state index in [0.29, 0.717) is 0 Å². The Labute approximate surface area is 237 Å². The standard InChI is InChI=1S/C35H47N4/c1-2-3-4-5-6-7-8-9-10-11-12-13-23-30-34-38(32-26-19-15-20-27-32)36-35(31-24-17-14-18-25-31)37-39(34)33-28-21-16-22-29-33/h14-22,24-29,34H,2-13,23,30H2,1H3. The molecule has 1 heterocycles. The van der Waals surface area contributed by atoms with Gasteiger partial charge in [-0.3, -0.25) is 0 Å². The maximum absolute atomic E-state index is 5.10. The molecule has 0 fully saturated rings. The minimum atomic E-state index is 0.0370. The van der Waals surface area contributed by atoms with E-state index in [9.17, 15) is 0 Å². The number of anilines is 2. The molecule has 207 valence electrons. The number of benzene rings is 3. The van der Waals surface area contributed by atoms with E-state index in [2.05, 4.69) is 89.7 Å². The quantitative estimate of drug-likeness (QED) is 0.165. The first-order chi connectivity index (χ1) is 19.4. The van der Waals surface area contributed by atoms with E-state index in [1.807, 2.05) is 18.2 Å². The fourth-order valence-electron chi connectivity index (χ4n) is 5.37. The lowest BCUT2D eigenvalue weighted by atomic mass is 10.0. The van der Waals surface area contributed by atoms with Crippen LogP contribution in [0.1, 0.15) is 102 Å². The summed E-state index contributed by atoms with van der Waals surface area (Å²) >= 11 is 0. The van der Waals surface area contributed by atoms with Crippen LogP contribution in [0.2, 0.25) is 0 Å². The number of nitrogens with zero attached hydrogens (tertiary/aromatic N) is 4. The van der Waals surface area contributed by atoms with Gasteiger partial charge in [-0.05, 0) is 37.1 Å². The van der Waals surface area contributed by atoms with Crippen molar-refractivity contribution in [3.63, 3.8) is 0 Å². The minimum absolute atomic E-state index is 0.0370. The molecule has 0 bridgehead atoms. The monoisotopic (exact) mass is 523 g/mol. The molecular weight excluding hydrogens is 476 g/mol. The van der Waals surface area contributed by atoms with Crippen molar-refractivity contribution in [1.29, 1.82) is 0 Å². The first kappa shape index (κ1) is 28.7. The molecule has 3 aromatic rings. The van der Waals surface area contributed by atoms with E-state index in [1.54, 1.807) is 0 Å². The van der Waals surface area contributed by atoms with Gasteiger partial charge in [0.05, 0.1) is 11.4 Å². The average molecular weight is 524 g/mol. The van der Waals surface area contributed by atoms with Gasteiger partial charge in [-0.25, -0.2) is 10.0 Å². The number of hydrogen-bond acceptors (Lipinski definition) is 3. The Morgan fingerprint density at radius 1 is 0.513 bits per heavy atom. The van der Waals surface area contributed by atoms with Gasteiger partial charge in [0.1, 0.15) is 6.17 Å². The number of para-hydroxylation sites is 2. The molecule has 1 aliphatic heterocycles. The van der Waals surface area contributed by atoms with Gasteiger partial charge in [0.2, 0.25) is 0 Å². The molecule has 4 heteroatoms. The predicted octanol–water partition coefficient (Wildman–Crippen LogP) is 9.70. The van der Waals surface area contributed by atoms with Crippen molar-refractivity contribution in [1.82, 2.24) is 5.43 Å². The lowest BCUT2D eigenvalue weighted by Gasteiger charge is -2.42. The van der Waals surface area contributed by atoms with Gasteiger partial charge in [0, 0.05) is 5.56 Å². The van der Waals surface area contributed by atoms with Crippen molar-refractivity contribution in [2.75, 3.05) is 10.0 Å². The molecule has 1 aliphatic rings. The lowest BCUT2D eigenvalue weighted by molar-refractivity contribution is 0.454. The van der Waals surface area contributed by atoms with E-state index >= 15 is 0 Å². The van der Waals surface area contributed by atoms with Crippen molar-refractivity contribution in [2.24, 2.45) is 5.10 Å². The first-order valence-corrected chi connectivity index (χ1v) is 15.4. The summed E-state index contributed by atoms with van der Waals surface area (Å²) in [5.41, 5.74) is 8.33. The Kier molecular flexibility index (Phi) is 12.3. The van der Waals surface area contributed by atoms with Crippen molar-refractivity contribution in [2.45, 2.75) is 103 Å². The largest absolute Gasteiger partial charge is 0.239 e. The van der Waals surface area contributed by atoms with Gasteiger partial charge >= 0.3 is 0 Å². The SMILES string of the molecule is CCCCCCCCCCCCCCCC1N(c2ccccc2)[N]C(c2ccccc2)=NN1c1ccccc1. The highest BCUT2D eigenvalue weighted by molar-refractivity contribution is 6.00. The zero-order chi connectivity index (χ0) is 27.0. The fourth-order valence-corrected chi connectivity index (χ4v) is 5.37. The number of hydrogen-bond donors (Lipinski definition) is 0. The first-order valence-electron chi connectivity index (χ1n) is 15.4. The second kappa shape index (κ2) is 16.6. The molecule has 3 aromatic carbocycles. The molecule has 4 nitrogen and oxygen atoms in total. The molecule has 39 heavy (non-hydrogen) atoms. The van der Waals surface area contributed by atoms with Crippen LogP contribution in [0.25, 0.3) is 0 Å². The zero-order valence-corrected chi connectivity index (χ0v) is 23.9. The molecule has 0 spiro atoms. The van der Waals surface area contributed by atoms with Gasteiger partial charge in [0.15, 0.2) is 5.84 Å². The van der Waals surface area contributed by atoms with E-state index in [-0.39, 0.29) is 6.17 Å². The summed E-state index contributed by atoms with van der Waals surface area (Å²) in [6.07, 6.45) is 18.8. The molecule has 1 atom stereocenters. The third-order valence-corrected chi connectivity index (χ3v) is 7.61. The van der Waals surface area contributed by atoms with Crippen molar-refractivity contribution < 1.29 is 0 Å². The molecule has 1 radical (unpaired) electrons. The number of rotatable bonds is 17. The van der Waals surface area contributed by atoms with Gasteiger partial charge < -0.3 is 0 Å². The molecule has 0 saturated carbocycles. The highest BCUT2D eigenvalue weighted by atomic mass is 15.7. The normalized spacial score (nSPS) is 15.2. The van der Waals surface area contributed by atoms with Gasteiger partial charge in [-0.2, -0.15) is 0 Å². The van der Waals surface area contributed by atoms with Crippen molar-refractivity contribution in [3.05, 3.63) is 96.6 Å². The summed E-state index contributed by atoms with van der Waals surface area (Å²) in [4.78, 5) is 0. The van der Waals surface area contributed by atoms with Crippen LogP contribution in [0.15, 0.2) is 96.1 Å². The average Bonchev–Trinajstić information content (AvgIpc) is 3.00. The van der Waals surface area contributed by atoms with Crippen LogP contribution in [0.4, 0.5) is 11.4 Å². The predicted molar refractivity (Wildman–Crippen MR) is 167 cm³/mol. The third kappa shape index (κ3) is 9.16. The highest BCUT2D eigenvalue weighted by Crippen LogP contribution is 2.30. The maximum atomic E-state index is 5.10. The second-order valence-electron chi connectivity index (χ2n) is 10.8. The van der Waals surface area contributed by atoms with Crippen LogP contribution >= 0.6 is 0 Å². The smallest absolute Gasteiger partial charge is 0.199 e. The molecule has 0 amide bonds. The maximum Gasteiger partial charge on any atom is 0.199 e. The second-order valence-corrected chi connectivity index (χ2v) is 10.8. The van der Waals surface area contributed by atoms with E-state index < -0.39 is 0 Å². The molecular formula is C35H47N4. The van der Waals surface area contributed by atoms with Crippen LogP contribution < -0.4 is 15.4 Å². The van der Waals surface area contributed by atoms with Gasteiger partial charge in [-0.1, -0.05) is 151 Å². The summed E-state index contributed by atoms with van der Waals surface area (Å²) in [6, 6.07) is 31.4. The fraction of sp³-hybridized carbons (Fsp3) is 0.457. The summed E-state index contributed by atoms with van der Waals surface area (Å²) in [7, 11) is 0. The number of amidine groups is 1. The Hall–Kier alpha value is -3.27. The molecule has 4 rings (SSSR count). The summed E-state index contributed by atoms with van der Waals surface area (Å²) in [6.45, 7) is 2.29. The topological polar surface area (TPSA) is 32.9 Å². The number of hydrazone groups is 1. The van der Waals surface area contributed by atoms with Crippen LogP contribution in [0, 0.1) is 0 Å². The van der Waals surface area contributed by atoms with E-state index in [0.717, 1.165) is 29.2 Å². The van der Waals surface area contributed by atoms with Crippen LogP contribution in [0.3, 0.4) is 0 Å². The Morgan fingerprint density at radius 2 is 0.949 bits per heavy atom. The molecule has 1 unspecified atom stereocenters. The van der Waals surface area contributed by atoms with Crippen LogP contribution in [-0.4, -0.2) is 12.0 Å². The van der Waals surface area contributed by atoms with Gasteiger partial charge in [-0.15, -0.1) is 10.5 Å². The summed E-state index contributed by atoms with van der Waals surface area (Å²) in [5.74, 6) is 0.741. The van der Waals surface area contributed by atoms with Gasteiger partial charge in [0.25, 0.3) is 0 Å². The van der Waals surface area contributed by atoms with Crippen molar-refractivity contribution >= 4 is 17.2 Å². The molecule has 0 N–H and O–H groups in total. The van der Waals surface area contributed by atoms with E-state index in [1.165, 1.54) is 83.5 Å². The zero-order valence-electron chi connectivity index (χ0n) is 23.9. The third-order valence-electron chi connectivity index (χ3n) is 7.61. The van der Waals surface area contributed by atoms with Crippen LogP contribution in [0.5, 0.6) is 0 Å². The van der Waals surface area contributed by atoms with Crippen molar-refractivity contribution in [3.8, 4) is 0 Å². The molecule has 0 aromatic heterocycles. The minimum Gasteiger partial charge on any atom is -0.239 e.